The SMILES string of the molecule is N#Cc1ccnc(OCCC2CCCCN2)n1. The summed E-state index contributed by atoms with van der Waals surface area (Å²) in [4.78, 5) is 7.92. The molecule has 5 heteroatoms. The zero-order chi connectivity index (χ0) is 11.9. The Bertz CT molecular complexity index is 396. The van der Waals surface area contributed by atoms with Crippen LogP contribution in [0.2, 0.25) is 0 Å². The van der Waals surface area contributed by atoms with Crippen molar-refractivity contribution in [2.45, 2.75) is 31.7 Å². The molecule has 0 radical (unpaired) electrons. The quantitative estimate of drug-likeness (QED) is 0.846. The molecule has 1 atom stereocenters. The van der Waals surface area contributed by atoms with E-state index >= 15 is 0 Å². The maximum absolute atomic E-state index is 8.69. The summed E-state index contributed by atoms with van der Waals surface area (Å²) in [6.07, 6.45) is 6.27. The molecule has 0 aromatic carbocycles. The van der Waals surface area contributed by atoms with Gasteiger partial charge >= 0.3 is 6.01 Å². The number of ether oxygens (including phenoxy) is 1. The molecule has 2 rings (SSSR count). The number of rotatable bonds is 4. The highest BCUT2D eigenvalue weighted by molar-refractivity contribution is 5.19. The molecule has 5 nitrogen and oxygen atoms in total. The second-order valence-corrected chi connectivity index (χ2v) is 4.12. The highest BCUT2D eigenvalue weighted by atomic mass is 16.5. The molecule has 1 N–H and O–H groups in total. The Hall–Kier alpha value is -1.67. The van der Waals surface area contributed by atoms with Gasteiger partial charge in [0, 0.05) is 12.2 Å². The Kier molecular flexibility index (Phi) is 4.28. The second kappa shape index (κ2) is 6.16. The van der Waals surface area contributed by atoms with Gasteiger partial charge in [-0.05, 0) is 31.9 Å². The van der Waals surface area contributed by atoms with E-state index in [9.17, 15) is 0 Å². The first kappa shape index (κ1) is 11.8. The molecule has 0 spiro atoms. The van der Waals surface area contributed by atoms with Gasteiger partial charge in [0.15, 0.2) is 0 Å². The van der Waals surface area contributed by atoms with Crippen LogP contribution in [0, 0.1) is 11.3 Å². The number of nitriles is 1. The summed E-state index contributed by atoms with van der Waals surface area (Å²) in [5, 5.41) is 12.1. The number of hydrogen-bond donors (Lipinski definition) is 1. The van der Waals surface area contributed by atoms with Gasteiger partial charge in [0.05, 0.1) is 6.61 Å². The Morgan fingerprint density at radius 1 is 1.53 bits per heavy atom. The first-order valence-electron chi connectivity index (χ1n) is 5.98. The predicted octanol–water partition coefficient (Wildman–Crippen LogP) is 1.26. The van der Waals surface area contributed by atoms with Crippen molar-refractivity contribution in [1.29, 1.82) is 5.26 Å². The Balaban J connectivity index is 1.75. The number of nitrogens with zero attached hydrogens (tertiary/aromatic N) is 3. The van der Waals surface area contributed by atoms with Crippen LogP contribution in [0.3, 0.4) is 0 Å². The van der Waals surface area contributed by atoms with E-state index in [2.05, 4.69) is 15.3 Å². The van der Waals surface area contributed by atoms with Crippen molar-refractivity contribution in [3.05, 3.63) is 18.0 Å². The third kappa shape index (κ3) is 3.68. The molecule has 0 amide bonds. The van der Waals surface area contributed by atoms with Crippen molar-refractivity contribution in [2.75, 3.05) is 13.2 Å². The van der Waals surface area contributed by atoms with E-state index in [1.54, 1.807) is 12.3 Å². The van der Waals surface area contributed by atoms with Crippen molar-refractivity contribution in [3.63, 3.8) is 0 Å². The molecule has 1 aromatic rings. The molecule has 90 valence electrons. The third-order valence-electron chi connectivity index (χ3n) is 2.86. The topological polar surface area (TPSA) is 70.8 Å². The molecule has 0 aliphatic carbocycles. The standard InChI is InChI=1S/C12H16N4O/c13-9-11-4-7-15-12(16-11)17-8-5-10-3-1-2-6-14-10/h4,7,10,14H,1-3,5-6,8H2. The minimum absolute atomic E-state index is 0.292. The fourth-order valence-electron chi connectivity index (χ4n) is 1.94. The molecule has 0 bridgehead atoms. The van der Waals surface area contributed by atoms with Crippen molar-refractivity contribution in [2.24, 2.45) is 0 Å². The van der Waals surface area contributed by atoms with E-state index in [0.717, 1.165) is 13.0 Å². The van der Waals surface area contributed by atoms with Crippen molar-refractivity contribution in [3.8, 4) is 12.1 Å². The van der Waals surface area contributed by atoms with E-state index in [0.29, 0.717) is 24.4 Å². The Morgan fingerprint density at radius 3 is 3.24 bits per heavy atom. The number of hydrogen-bond acceptors (Lipinski definition) is 5. The van der Waals surface area contributed by atoms with Crippen LogP contribution in [0.5, 0.6) is 6.01 Å². The molecule has 1 aliphatic rings. The summed E-state index contributed by atoms with van der Waals surface area (Å²) < 4.78 is 5.44. The molecule has 17 heavy (non-hydrogen) atoms. The number of piperidine rings is 1. The summed E-state index contributed by atoms with van der Waals surface area (Å²) in [5.41, 5.74) is 0.339. The van der Waals surface area contributed by atoms with Gasteiger partial charge < -0.3 is 10.1 Å². The van der Waals surface area contributed by atoms with E-state index in [4.69, 9.17) is 10.00 Å². The molecule has 1 aliphatic heterocycles. The minimum atomic E-state index is 0.292. The molecule has 1 unspecified atom stereocenters. The summed E-state index contributed by atoms with van der Waals surface area (Å²) in [7, 11) is 0. The smallest absolute Gasteiger partial charge is 0.317 e. The Labute approximate surface area is 101 Å². The van der Waals surface area contributed by atoms with Gasteiger partial charge in [-0.3, -0.25) is 0 Å². The highest BCUT2D eigenvalue weighted by Crippen LogP contribution is 2.10. The lowest BCUT2D eigenvalue weighted by molar-refractivity contribution is 0.252. The lowest BCUT2D eigenvalue weighted by Crippen LogP contribution is -2.35. The average molecular weight is 232 g/mol. The summed E-state index contributed by atoms with van der Waals surface area (Å²) in [6, 6.07) is 4.36. The first-order chi connectivity index (χ1) is 8.38. The van der Waals surface area contributed by atoms with E-state index < -0.39 is 0 Å². The molecule has 1 saturated heterocycles. The molecule has 0 saturated carbocycles. The maximum atomic E-state index is 8.69. The summed E-state index contributed by atoms with van der Waals surface area (Å²) in [5.74, 6) is 0. The van der Waals surface area contributed by atoms with Gasteiger partial charge in [-0.25, -0.2) is 4.98 Å². The van der Waals surface area contributed by atoms with Gasteiger partial charge in [-0.15, -0.1) is 0 Å². The molecular weight excluding hydrogens is 216 g/mol. The zero-order valence-electron chi connectivity index (χ0n) is 9.72. The second-order valence-electron chi connectivity index (χ2n) is 4.12. The highest BCUT2D eigenvalue weighted by Gasteiger charge is 2.12. The number of aromatic nitrogens is 2. The Morgan fingerprint density at radius 2 is 2.47 bits per heavy atom. The van der Waals surface area contributed by atoms with Crippen LogP contribution in [0.1, 0.15) is 31.4 Å². The van der Waals surface area contributed by atoms with E-state index in [1.165, 1.54) is 19.3 Å². The van der Waals surface area contributed by atoms with Crippen LogP contribution >= 0.6 is 0 Å². The minimum Gasteiger partial charge on any atom is -0.463 e. The lowest BCUT2D eigenvalue weighted by atomic mass is 10.0. The van der Waals surface area contributed by atoms with E-state index in [-0.39, 0.29) is 0 Å². The van der Waals surface area contributed by atoms with Crippen LogP contribution < -0.4 is 10.1 Å². The molecule has 1 fully saturated rings. The van der Waals surface area contributed by atoms with Gasteiger partial charge in [-0.2, -0.15) is 10.2 Å². The fraction of sp³-hybridized carbons (Fsp3) is 0.583. The van der Waals surface area contributed by atoms with Gasteiger partial charge in [0.25, 0.3) is 0 Å². The van der Waals surface area contributed by atoms with Crippen LogP contribution in [0.25, 0.3) is 0 Å². The normalized spacial score (nSPS) is 19.6. The van der Waals surface area contributed by atoms with Gasteiger partial charge in [0.2, 0.25) is 0 Å². The summed E-state index contributed by atoms with van der Waals surface area (Å²) >= 11 is 0. The first-order valence-corrected chi connectivity index (χ1v) is 5.98. The monoisotopic (exact) mass is 232 g/mol. The van der Waals surface area contributed by atoms with Crippen molar-refractivity contribution >= 4 is 0 Å². The molecular formula is C12H16N4O. The average Bonchev–Trinajstić information content (AvgIpc) is 2.40. The van der Waals surface area contributed by atoms with Gasteiger partial charge in [-0.1, -0.05) is 6.42 Å². The fourth-order valence-corrected chi connectivity index (χ4v) is 1.94. The van der Waals surface area contributed by atoms with Gasteiger partial charge in [0.1, 0.15) is 11.8 Å². The van der Waals surface area contributed by atoms with Crippen LogP contribution in [0.4, 0.5) is 0 Å². The molecule has 1 aromatic heterocycles. The van der Waals surface area contributed by atoms with Crippen LogP contribution in [-0.4, -0.2) is 29.2 Å². The maximum Gasteiger partial charge on any atom is 0.317 e. The largest absolute Gasteiger partial charge is 0.463 e. The predicted molar refractivity (Wildman–Crippen MR) is 62.5 cm³/mol. The van der Waals surface area contributed by atoms with Crippen LogP contribution in [0.15, 0.2) is 12.3 Å². The number of nitrogens with one attached hydrogen (secondary N) is 1. The zero-order valence-corrected chi connectivity index (χ0v) is 9.72. The van der Waals surface area contributed by atoms with E-state index in [1.807, 2.05) is 6.07 Å². The molecule has 2 heterocycles. The lowest BCUT2D eigenvalue weighted by Gasteiger charge is -2.22. The van der Waals surface area contributed by atoms with Crippen molar-refractivity contribution < 1.29 is 4.74 Å². The third-order valence-corrected chi connectivity index (χ3v) is 2.86. The van der Waals surface area contributed by atoms with Crippen LogP contribution in [-0.2, 0) is 0 Å². The summed E-state index contributed by atoms with van der Waals surface area (Å²) in [6.45, 7) is 1.69. The van der Waals surface area contributed by atoms with Crippen molar-refractivity contribution in [1.82, 2.24) is 15.3 Å².